The van der Waals surface area contributed by atoms with E-state index in [4.69, 9.17) is 10.00 Å². The van der Waals surface area contributed by atoms with Crippen molar-refractivity contribution in [1.82, 2.24) is 0 Å². The summed E-state index contributed by atoms with van der Waals surface area (Å²) in [4.78, 5) is 0. The second-order valence-corrected chi connectivity index (χ2v) is 4.47. The maximum atomic E-state index is 13.3. The van der Waals surface area contributed by atoms with E-state index in [0.717, 1.165) is 5.56 Å². The number of halogens is 1. The minimum atomic E-state index is -0.533. The predicted molar refractivity (Wildman–Crippen MR) is 73.7 cm³/mol. The van der Waals surface area contributed by atoms with Gasteiger partial charge < -0.3 is 14.9 Å². The van der Waals surface area contributed by atoms with Crippen LogP contribution in [-0.2, 0) is 19.8 Å². The van der Waals surface area contributed by atoms with Crippen molar-refractivity contribution in [3.05, 3.63) is 64.5 Å². The normalized spacial score (nSPS) is 10.2. The number of hydrogen-bond acceptors (Lipinski definition) is 4. The van der Waals surface area contributed by atoms with Crippen LogP contribution in [0.4, 0.5) is 4.39 Å². The summed E-state index contributed by atoms with van der Waals surface area (Å²) in [5.41, 5.74) is 1.94. The number of nitrogens with zero attached hydrogens (tertiary/aromatic N) is 1. The minimum absolute atomic E-state index is 0.192. The van der Waals surface area contributed by atoms with Crippen molar-refractivity contribution in [3.63, 3.8) is 0 Å². The zero-order valence-electron chi connectivity index (χ0n) is 11.2. The smallest absolute Gasteiger partial charge is 0.131 e. The van der Waals surface area contributed by atoms with E-state index in [2.05, 4.69) is 0 Å². The van der Waals surface area contributed by atoms with E-state index in [1.807, 2.05) is 6.07 Å². The second kappa shape index (κ2) is 6.84. The molecule has 4 nitrogen and oxygen atoms in total. The van der Waals surface area contributed by atoms with Gasteiger partial charge in [-0.05, 0) is 29.8 Å². The Morgan fingerprint density at radius 2 is 1.62 bits per heavy atom. The molecule has 0 aromatic heterocycles. The van der Waals surface area contributed by atoms with E-state index < -0.39 is 5.82 Å². The number of rotatable bonds is 5. The first kappa shape index (κ1) is 15.0. The largest absolute Gasteiger partial charge is 0.488 e. The highest BCUT2D eigenvalue weighted by molar-refractivity contribution is 5.42. The molecule has 0 atom stereocenters. The molecule has 0 unspecified atom stereocenters. The lowest BCUT2D eigenvalue weighted by Crippen LogP contribution is -2.03. The van der Waals surface area contributed by atoms with Gasteiger partial charge >= 0.3 is 0 Å². The maximum absolute atomic E-state index is 13.3. The molecule has 21 heavy (non-hydrogen) atoms. The number of nitriles is 1. The summed E-state index contributed by atoms with van der Waals surface area (Å²) in [6.07, 6.45) is 0. The van der Waals surface area contributed by atoms with E-state index >= 15 is 0 Å². The van der Waals surface area contributed by atoms with Gasteiger partial charge in [0.25, 0.3) is 0 Å². The second-order valence-electron chi connectivity index (χ2n) is 4.47. The van der Waals surface area contributed by atoms with Crippen molar-refractivity contribution in [2.45, 2.75) is 19.8 Å². The van der Waals surface area contributed by atoms with Crippen LogP contribution in [0.1, 0.15) is 22.3 Å². The highest BCUT2D eigenvalue weighted by Gasteiger charge is 2.12. The van der Waals surface area contributed by atoms with Crippen LogP contribution in [-0.4, -0.2) is 10.2 Å². The number of ether oxygens (including phenoxy) is 1. The molecule has 0 saturated carbocycles. The molecule has 2 aromatic carbocycles. The summed E-state index contributed by atoms with van der Waals surface area (Å²) in [7, 11) is 0. The van der Waals surface area contributed by atoms with Crippen LogP contribution < -0.4 is 4.74 Å². The number of benzene rings is 2. The first-order valence-corrected chi connectivity index (χ1v) is 6.32. The minimum Gasteiger partial charge on any atom is -0.488 e. The zero-order valence-corrected chi connectivity index (χ0v) is 11.2. The molecule has 2 rings (SSSR count). The van der Waals surface area contributed by atoms with Crippen molar-refractivity contribution in [2.75, 3.05) is 0 Å². The predicted octanol–water partition coefficient (Wildman–Crippen LogP) is 2.26. The molecule has 5 heteroatoms. The van der Waals surface area contributed by atoms with Crippen LogP contribution in [0.3, 0.4) is 0 Å². The molecule has 0 saturated heterocycles. The molecule has 0 aliphatic rings. The molecule has 108 valence electrons. The zero-order chi connectivity index (χ0) is 15.2. The van der Waals surface area contributed by atoms with Gasteiger partial charge in [-0.3, -0.25) is 0 Å². The molecule has 0 aliphatic heterocycles. The van der Waals surface area contributed by atoms with Crippen molar-refractivity contribution < 1.29 is 19.3 Å². The van der Waals surface area contributed by atoms with Gasteiger partial charge in [0.2, 0.25) is 0 Å². The van der Waals surface area contributed by atoms with Crippen LogP contribution in [0.15, 0.2) is 36.4 Å². The summed E-state index contributed by atoms with van der Waals surface area (Å²) in [5.74, 6) is -0.250. The number of aliphatic hydroxyl groups excluding tert-OH is 2. The van der Waals surface area contributed by atoms with Gasteiger partial charge in [-0.2, -0.15) is 5.26 Å². The third-order valence-corrected chi connectivity index (χ3v) is 3.01. The Hall–Kier alpha value is -2.42. The maximum Gasteiger partial charge on any atom is 0.131 e. The Balaban J connectivity index is 2.20. The molecule has 0 fully saturated rings. The molecular weight excluding hydrogens is 273 g/mol. The molecule has 0 spiro atoms. The van der Waals surface area contributed by atoms with Gasteiger partial charge in [0.05, 0.1) is 24.8 Å². The van der Waals surface area contributed by atoms with Gasteiger partial charge in [0.1, 0.15) is 18.2 Å². The van der Waals surface area contributed by atoms with Crippen LogP contribution in [0.25, 0.3) is 0 Å². The fraction of sp³-hybridized carbons (Fsp3) is 0.188. The first-order valence-electron chi connectivity index (χ1n) is 6.32. The molecule has 0 aliphatic carbocycles. The highest BCUT2D eigenvalue weighted by atomic mass is 19.1. The van der Waals surface area contributed by atoms with Crippen LogP contribution in [0, 0.1) is 17.1 Å². The quantitative estimate of drug-likeness (QED) is 0.884. The molecule has 0 amide bonds. The van der Waals surface area contributed by atoms with E-state index in [0.29, 0.717) is 5.56 Å². The van der Waals surface area contributed by atoms with Gasteiger partial charge in [0, 0.05) is 11.1 Å². The highest BCUT2D eigenvalue weighted by Crippen LogP contribution is 2.27. The summed E-state index contributed by atoms with van der Waals surface area (Å²) >= 11 is 0. The van der Waals surface area contributed by atoms with Crippen LogP contribution >= 0.6 is 0 Å². The van der Waals surface area contributed by atoms with Gasteiger partial charge in [-0.1, -0.05) is 12.1 Å². The van der Waals surface area contributed by atoms with Crippen molar-refractivity contribution in [1.29, 1.82) is 5.26 Å². The average Bonchev–Trinajstić information content (AvgIpc) is 2.53. The third-order valence-electron chi connectivity index (χ3n) is 3.01. The SMILES string of the molecule is N#Cc1ccc(COc2c(CO)cc(F)cc2CO)cc1. The molecule has 0 bridgehead atoms. The molecular formula is C16H14FNO3. The van der Waals surface area contributed by atoms with Gasteiger partial charge in [-0.25, -0.2) is 4.39 Å². The van der Waals surface area contributed by atoms with E-state index in [-0.39, 0.29) is 36.7 Å². The van der Waals surface area contributed by atoms with E-state index in [9.17, 15) is 14.6 Å². The first-order chi connectivity index (χ1) is 10.2. The molecule has 2 N–H and O–H groups in total. The molecule has 0 radical (unpaired) electrons. The monoisotopic (exact) mass is 287 g/mol. The Bertz CT molecular complexity index is 637. The molecule has 2 aromatic rings. The summed E-state index contributed by atoms with van der Waals surface area (Å²) in [5, 5.41) is 27.3. The van der Waals surface area contributed by atoms with Crippen LogP contribution in [0.2, 0.25) is 0 Å². The lowest BCUT2D eigenvalue weighted by atomic mass is 10.1. The summed E-state index contributed by atoms with van der Waals surface area (Å²) < 4.78 is 18.9. The number of hydrogen-bond donors (Lipinski definition) is 2. The fourth-order valence-corrected chi connectivity index (χ4v) is 1.96. The lowest BCUT2D eigenvalue weighted by molar-refractivity contribution is 0.241. The Morgan fingerprint density at radius 3 is 2.10 bits per heavy atom. The Labute approximate surface area is 121 Å². The Kier molecular flexibility index (Phi) is 4.88. The van der Waals surface area contributed by atoms with Crippen molar-refractivity contribution in [3.8, 4) is 11.8 Å². The third kappa shape index (κ3) is 3.57. The lowest BCUT2D eigenvalue weighted by Gasteiger charge is -2.14. The van der Waals surface area contributed by atoms with Gasteiger partial charge in [0.15, 0.2) is 0 Å². The van der Waals surface area contributed by atoms with E-state index in [1.165, 1.54) is 12.1 Å². The fourth-order valence-electron chi connectivity index (χ4n) is 1.96. The van der Waals surface area contributed by atoms with Crippen LogP contribution in [0.5, 0.6) is 5.75 Å². The Morgan fingerprint density at radius 1 is 1.05 bits per heavy atom. The average molecular weight is 287 g/mol. The summed E-state index contributed by atoms with van der Waals surface area (Å²) in [6.45, 7) is -0.571. The summed E-state index contributed by atoms with van der Waals surface area (Å²) in [6, 6.07) is 11.2. The standard InChI is InChI=1S/C16H14FNO3/c17-15-5-13(8-19)16(14(6-15)9-20)21-10-12-3-1-11(7-18)2-4-12/h1-6,19-20H,8-10H2. The number of aliphatic hydroxyl groups is 2. The molecule has 0 heterocycles. The van der Waals surface area contributed by atoms with Crippen molar-refractivity contribution in [2.24, 2.45) is 0 Å². The van der Waals surface area contributed by atoms with Gasteiger partial charge in [-0.15, -0.1) is 0 Å². The topological polar surface area (TPSA) is 73.5 Å². The van der Waals surface area contributed by atoms with E-state index in [1.54, 1.807) is 24.3 Å². The van der Waals surface area contributed by atoms with Crippen molar-refractivity contribution >= 4 is 0 Å².